The molecule has 0 saturated heterocycles. The predicted octanol–water partition coefficient (Wildman–Crippen LogP) is 0.806. The summed E-state index contributed by atoms with van der Waals surface area (Å²) in [4.78, 5) is 21.8. The van der Waals surface area contributed by atoms with Crippen molar-refractivity contribution in [2.75, 3.05) is 11.0 Å². The lowest BCUT2D eigenvalue weighted by Gasteiger charge is -2.20. The van der Waals surface area contributed by atoms with E-state index in [0.29, 0.717) is 4.43 Å². The van der Waals surface area contributed by atoms with E-state index in [9.17, 15) is 9.59 Å². The molecule has 0 spiro atoms. The van der Waals surface area contributed by atoms with Crippen LogP contribution >= 0.6 is 22.6 Å². The Morgan fingerprint density at radius 1 is 1.47 bits per heavy atom. The number of carboxylic acid groups (broad SMARTS) is 1. The van der Waals surface area contributed by atoms with Crippen LogP contribution in [0.15, 0.2) is 0 Å². The first kappa shape index (κ1) is 14.6. The fraction of sp³-hybridized carbons (Fsp3) is 0.778. The molecule has 0 heterocycles. The van der Waals surface area contributed by atoms with Crippen molar-refractivity contribution in [3.8, 4) is 0 Å². The highest BCUT2D eigenvalue weighted by molar-refractivity contribution is 14.1. The molecular formula is C9H16INO4. The van der Waals surface area contributed by atoms with Crippen LogP contribution in [0.5, 0.6) is 0 Å². The molecule has 5 nitrogen and oxygen atoms in total. The van der Waals surface area contributed by atoms with E-state index in [0.717, 1.165) is 0 Å². The molecule has 0 aliphatic heterocycles. The summed E-state index contributed by atoms with van der Waals surface area (Å²) in [5.74, 6) is -1.41. The van der Waals surface area contributed by atoms with Crippen molar-refractivity contribution in [1.29, 1.82) is 0 Å². The lowest BCUT2D eigenvalue weighted by Crippen LogP contribution is -2.42. The zero-order chi connectivity index (χ0) is 12.1. The van der Waals surface area contributed by atoms with Crippen LogP contribution in [0.2, 0.25) is 0 Å². The van der Waals surface area contributed by atoms with Crippen molar-refractivity contribution in [2.24, 2.45) is 0 Å². The quantitative estimate of drug-likeness (QED) is 0.443. The Balaban J connectivity index is 3.94. The summed E-state index contributed by atoms with van der Waals surface area (Å²) >= 11 is 1.94. The molecule has 1 atom stereocenters. The highest BCUT2D eigenvalue weighted by atomic mass is 127. The molecule has 0 fully saturated rings. The van der Waals surface area contributed by atoms with E-state index in [1.807, 2.05) is 22.6 Å². The molecule has 0 saturated carbocycles. The van der Waals surface area contributed by atoms with Gasteiger partial charge in [0, 0.05) is 4.43 Å². The molecule has 6 heteroatoms. The third-order valence-electron chi connectivity index (χ3n) is 1.37. The molecule has 0 radical (unpaired) electrons. The van der Waals surface area contributed by atoms with E-state index in [1.54, 1.807) is 20.8 Å². The van der Waals surface area contributed by atoms with Gasteiger partial charge in [-0.15, -0.1) is 0 Å². The summed E-state index contributed by atoms with van der Waals surface area (Å²) in [6, 6.07) is -0.710. The van der Waals surface area contributed by atoms with Gasteiger partial charge in [0.1, 0.15) is 11.6 Å². The summed E-state index contributed by atoms with van der Waals surface area (Å²) in [6.07, 6.45) is 0. The summed E-state index contributed by atoms with van der Waals surface area (Å²) in [7, 11) is 0. The number of hydrogen-bond donors (Lipinski definition) is 2. The molecule has 0 aliphatic carbocycles. The van der Waals surface area contributed by atoms with Crippen LogP contribution in [0.4, 0.5) is 0 Å². The number of aliphatic carboxylic acids is 1. The highest BCUT2D eigenvalue weighted by Gasteiger charge is 2.19. The largest absolute Gasteiger partial charge is 0.480 e. The fourth-order valence-corrected chi connectivity index (χ4v) is 1.48. The second-order valence-electron chi connectivity index (χ2n) is 4.01. The number of carbonyl (C=O) groups is 2. The van der Waals surface area contributed by atoms with Gasteiger partial charge in [-0.25, -0.2) is 0 Å². The normalized spacial score (nSPS) is 13.3. The average Bonchev–Trinajstić information content (AvgIpc) is 2.01. The molecule has 0 aliphatic rings. The molecule has 15 heavy (non-hydrogen) atoms. The molecule has 2 N–H and O–H groups in total. The first-order chi connectivity index (χ1) is 6.76. The van der Waals surface area contributed by atoms with Crippen molar-refractivity contribution < 1.29 is 19.4 Å². The Labute approximate surface area is 103 Å². The number of esters is 1. The number of nitrogens with one attached hydrogen (secondary N) is 1. The van der Waals surface area contributed by atoms with E-state index in [1.165, 1.54) is 0 Å². The van der Waals surface area contributed by atoms with Gasteiger partial charge in [0.25, 0.3) is 0 Å². The van der Waals surface area contributed by atoms with Gasteiger partial charge in [0.2, 0.25) is 0 Å². The van der Waals surface area contributed by atoms with Crippen LogP contribution in [0.3, 0.4) is 0 Å². The maximum Gasteiger partial charge on any atom is 0.321 e. The Kier molecular flexibility index (Phi) is 6.11. The second kappa shape index (κ2) is 6.26. The monoisotopic (exact) mass is 329 g/mol. The molecule has 0 aromatic heterocycles. The first-order valence-electron chi connectivity index (χ1n) is 4.50. The van der Waals surface area contributed by atoms with Gasteiger partial charge in [-0.2, -0.15) is 0 Å². The third-order valence-corrected chi connectivity index (χ3v) is 2.25. The van der Waals surface area contributed by atoms with Crippen molar-refractivity contribution in [3.05, 3.63) is 0 Å². The molecule has 1 unspecified atom stereocenters. The minimum absolute atomic E-state index is 0.0861. The zero-order valence-electron chi connectivity index (χ0n) is 9.04. The third kappa shape index (κ3) is 7.55. The predicted molar refractivity (Wildman–Crippen MR) is 64.2 cm³/mol. The van der Waals surface area contributed by atoms with Gasteiger partial charge in [0.15, 0.2) is 0 Å². The molecule has 0 aromatic rings. The van der Waals surface area contributed by atoms with Crippen LogP contribution < -0.4 is 5.32 Å². The van der Waals surface area contributed by atoms with Crippen molar-refractivity contribution in [1.82, 2.24) is 5.32 Å². The average molecular weight is 329 g/mol. The molecule has 0 bridgehead atoms. The fourth-order valence-electron chi connectivity index (χ4n) is 0.792. The molecule has 0 rings (SSSR count). The van der Waals surface area contributed by atoms with Crippen molar-refractivity contribution >= 4 is 34.5 Å². The molecule has 88 valence electrons. The summed E-state index contributed by atoms with van der Waals surface area (Å²) in [6.45, 7) is 5.20. The van der Waals surface area contributed by atoms with Gasteiger partial charge in [-0.1, -0.05) is 22.6 Å². The number of hydrogen-bond acceptors (Lipinski definition) is 4. The number of alkyl halides is 1. The van der Waals surface area contributed by atoms with Gasteiger partial charge >= 0.3 is 11.9 Å². The Morgan fingerprint density at radius 2 is 2.00 bits per heavy atom. The second-order valence-corrected chi connectivity index (χ2v) is 4.89. The lowest BCUT2D eigenvalue weighted by atomic mass is 10.2. The van der Waals surface area contributed by atoms with E-state index in [2.05, 4.69) is 5.32 Å². The molecule has 0 amide bonds. The number of rotatable bonds is 5. The van der Waals surface area contributed by atoms with Gasteiger partial charge in [-0.3, -0.25) is 14.9 Å². The van der Waals surface area contributed by atoms with Gasteiger partial charge < -0.3 is 9.84 Å². The van der Waals surface area contributed by atoms with E-state index in [-0.39, 0.29) is 6.54 Å². The van der Waals surface area contributed by atoms with Gasteiger partial charge in [0.05, 0.1) is 6.54 Å². The summed E-state index contributed by atoms with van der Waals surface area (Å²) in [5, 5.41) is 11.3. The van der Waals surface area contributed by atoms with E-state index >= 15 is 0 Å². The molecular weight excluding hydrogens is 313 g/mol. The van der Waals surface area contributed by atoms with Gasteiger partial charge in [-0.05, 0) is 20.8 Å². The smallest absolute Gasteiger partial charge is 0.321 e. The molecule has 0 aromatic carbocycles. The minimum atomic E-state index is -0.965. The topological polar surface area (TPSA) is 75.6 Å². The SMILES string of the molecule is CC(C)(C)OC(=O)CNC(CI)C(=O)O. The van der Waals surface area contributed by atoms with Crippen LogP contribution in [0.25, 0.3) is 0 Å². The number of carboxylic acids is 1. The summed E-state index contributed by atoms with van der Waals surface area (Å²) < 4.78 is 5.41. The standard InChI is InChI=1S/C9H16INO4/c1-9(2,3)15-7(12)5-11-6(4-10)8(13)14/h6,11H,4-5H2,1-3H3,(H,13,14). The van der Waals surface area contributed by atoms with E-state index in [4.69, 9.17) is 9.84 Å². The minimum Gasteiger partial charge on any atom is -0.480 e. The number of carbonyl (C=O) groups excluding carboxylic acids is 1. The highest BCUT2D eigenvalue weighted by Crippen LogP contribution is 2.06. The number of halogens is 1. The Bertz CT molecular complexity index is 237. The first-order valence-corrected chi connectivity index (χ1v) is 6.03. The van der Waals surface area contributed by atoms with Crippen LogP contribution in [-0.2, 0) is 14.3 Å². The van der Waals surface area contributed by atoms with Crippen molar-refractivity contribution in [2.45, 2.75) is 32.4 Å². The summed E-state index contributed by atoms with van der Waals surface area (Å²) in [5.41, 5.74) is -0.540. The van der Waals surface area contributed by atoms with Crippen molar-refractivity contribution in [3.63, 3.8) is 0 Å². The maximum atomic E-state index is 11.2. The Hall–Kier alpha value is -0.370. The van der Waals surface area contributed by atoms with Crippen LogP contribution in [0, 0.1) is 0 Å². The zero-order valence-corrected chi connectivity index (χ0v) is 11.2. The lowest BCUT2D eigenvalue weighted by molar-refractivity contribution is -0.153. The van der Waals surface area contributed by atoms with E-state index < -0.39 is 23.6 Å². The Morgan fingerprint density at radius 3 is 2.33 bits per heavy atom. The van der Waals surface area contributed by atoms with Crippen LogP contribution in [-0.4, -0.2) is 39.7 Å². The number of ether oxygens (including phenoxy) is 1. The maximum absolute atomic E-state index is 11.2. The van der Waals surface area contributed by atoms with Crippen LogP contribution in [0.1, 0.15) is 20.8 Å².